The molecule has 2 N–H and O–H groups in total. The predicted octanol–water partition coefficient (Wildman–Crippen LogP) is 2.37. The normalized spacial score (nSPS) is 12.9. The van der Waals surface area contributed by atoms with E-state index in [2.05, 4.69) is 10.3 Å². The third-order valence-electron chi connectivity index (χ3n) is 5.27. The molecule has 0 spiro atoms. The van der Waals surface area contributed by atoms with Crippen molar-refractivity contribution in [1.29, 1.82) is 0 Å². The Morgan fingerprint density at radius 1 is 1.14 bits per heavy atom. The van der Waals surface area contributed by atoms with Gasteiger partial charge in [-0.1, -0.05) is 0 Å². The van der Waals surface area contributed by atoms with Crippen molar-refractivity contribution in [3.05, 3.63) is 40.8 Å². The lowest BCUT2D eigenvalue weighted by Crippen LogP contribution is -2.26. The SMILES string of the molecule is CNCCn1c(=O)c2cc(OC)c(O)cc2c2cnc3cc4c(cc3c21)OCO4. The van der Waals surface area contributed by atoms with E-state index in [-0.39, 0.29) is 23.9 Å². The highest BCUT2D eigenvalue weighted by molar-refractivity contribution is 6.15. The van der Waals surface area contributed by atoms with Crippen LogP contribution >= 0.6 is 0 Å². The zero-order valence-corrected chi connectivity index (χ0v) is 16.0. The number of pyridine rings is 2. The zero-order chi connectivity index (χ0) is 20.1. The number of phenolic OH excluding ortho intramolecular Hbond substituents is 1. The van der Waals surface area contributed by atoms with Crippen molar-refractivity contribution >= 4 is 32.6 Å². The number of fused-ring (bicyclic) bond motifs is 6. The molecule has 8 heteroatoms. The molecular formula is C21H19N3O5. The van der Waals surface area contributed by atoms with E-state index in [1.807, 2.05) is 19.2 Å². The number of nitrogens with zero attached hydrogens (tertiary/aromatic N) is 2. The van der Waals surface area contributed by atoms with Gasteiger partial charge in [-0.3, -0.25) is 9.78 Å². The second-order valence-electron chi connectivity index (χ2n) is 6.87. The third-order valence-corrected chi connectivity index (χ3v) is 5.27. The summed E-state index contributed by atoms with van der Waals surface area (Å²) in [7, 11) is 3.30. The summed E-state index contributed by atoms with van der Waals surface area (Å²) in [6.45, 7) is 1.25. The maximum atomic E-state index is 13.4. The predicted molar refractivity (Wildman–Crippen MR) is 109 cm³/mol. The smallest absolute Gasteiger partial charge is 0.259 e. The number of phenols is 1. The van der Waals surface area contributed by atoms with Gasteiger partial charge in [0.25, 0.3) is 5.56 Å². The summed E-state index contributed by atoms with van der Waals surface area (Å²) in [5.41, 5.74) is 1.29. The Morgan fingerprint density at radius 3 is 2.69 bits per heavy atom. The van der Waals surface area contributed by atoms with Gasteiger partial charge in [-0.15, -0.1) is 0 Å². The van der Waals surface area contributed by atoms with Crippen LogP contribution in [0, 0.1) is 0 Å². The molecule has 0 radical (unpaired) electrons. The monoisotopic (exact) mass is 393 g/mol. The molecule has 0 atom stereocenters. The van der Waals surface area contributed by atoms with Crippen LogP contribution in [0.25, 0.3) is 32.6 Å². The van der Waals surface area contributed by atoms with Crippen LogP contribution < -0.4 is 25.1 Å². The van der Waals surface area contributed by atoms with Crippen LogP contribution in [0.1, 0.15) is 0 Å². The average molecular weight is 393 g/mol. The molecule has 148 valence electrons. The van der Waals surface area contributed by atoms with E-state index in [0.29, 0.717) is 40.9 Å². The van der Waals surface area contributed by atoms with Crippen LogP contribution in [0.5, 0.6) is 23.0 Å². The van der Waals surface area contributed by atoms with Crippen LogP contribution in [-0.2, 0) is 6.54 Å². The highest BCUT2D eigenvalue weighted by Crippen LogP contribution is 2.39. The summed E-state index contributed by atoms with van der Waals surface area (Å²) in [6.07, 6.45) is 1.73. The van der Waals surface area contributed by atoms with E-state index < -0.39 is 0 Å². The number of hydrogen-bond donors (Lipinski definition) is 2. The van der Waals surface area contributed by atoms with Gasteiger partial charge in [0.15, 0.2) is 23.0 Å². The number of ether oxygens (including phenoxy) is 3. The summed E-state index contributed by atoms with van der Waals surface area (Å²) in [6, 6.07) is 6.81. The van der Waals surface area contributed by atoms with Crippen molar-refractivity contribution in [2.75, 3.05) is 27.5 Å². The van der Waals surface area contributed by atoms with Crippen LogP contribution in [0.15, 0.2) is 35.3 Å². The number of likely N-dealkylation sites (N-methyl/N-ethyl adjacent to an activating group) is 1. The Morgan fingerprint density at radius 2 is 1.93 bits per heavy atom. The van der Waals surface area contributed by atoms with Gasteiger partial charge in [0.2, 0.25) is 6.79 Å². The van der Waals surface area contributed by atoms with Gasteiger partial charge in [0.05, 0.1) is 23.5 Å². The van der Waals surface area contributed by atoms with E-state index in [0.717, 1.165) is 16.3 Å². The number of methoxy groups -OCH3 is 1. The standard InChI is InChI=1S/C21H19N3O5/c1-22-3-4-24-20-13-7-18-19(29-10-28-18)8-15(13)23-9-14(20)11-5-16(25)17(27-2)6-12(11)21(24)26/h5-9,22,25H,3-4,10H2,1-2H3. The lowest BCUT2D eigenvalue weighted by Gasteiger charge is -2.16. The Labute approximate surface area is 165 Å². The zero-order valence-electron chi connectivity index (χ0n) is 16.0. The molecule has 2 aromatic carbocycles. The summed E-state index contributed by atoms with van der Waals surface area (Å²) in [5.74, 6) is 1.49. The molecule has 0 unspecified atom stereocenters. The largest absolute Gasteiger partial charge is 0.504 e. The molecule has 8 nitrogen and oxygen atoms in total. The fourth-order valence-corrected chi connectivity index (χ4v) is 3.87. The summed E-state index contributed by atoms with van der Waals surface area (Å²) >= 11 is 0. The summed E-state index contributed by atoms with van der Waals surface area (Å²) in [4.78, 5) is 18.0. The second kappa shape index (κ2) is 6.52. The van der Waals surface area contributed by atoms with Crippen molar-refractivity contribution in [2.45, 2.75) is 6.54 Å². The molecule has 0 saturated heterocycles. The molecule has 29 heavy (non-hydrogen) atoms. The first kappa shape index (κ1) is 17.6. The molecule has 1 aliphatic heterocycles. The molecule has 0 amide bonds. The van der Waals surface area contributed by atoms with Crippen molar-refractivity contribution in [3.8, 4) is 23.0 Å². The molecule has 1 aliphatic rings. The maximum Gasteiger partial charge on any atom is 0.259 e. The first-order valence-corrected chi connectivity index (χ1v) is 9.22. The molecular weight excluding hydrogens is 374 g/mol. The van der Waals surface area contributed by atoms with Crippen LogP contribution in [0.3, 0.4) is 0 Å². The van der Waals surface area contributed by atoms with Gasteiger partial charge in [-0.05, 0) is 25.2 Å². The number of hydrogen-bond acceptors (Lipinski definition) is 7. The first-order valence-electron chi connectivity index (χ1n) is 9.22. The van der Waals surface area contributed by atoms with Gasteiger partial charge >= 0.3 is 0 Å². The van der Waals surface area contributed by atoms with E-state index in [9.17, 15) is 9.90 Å². The van der Waals surface area contributed by atoms with Crippen molar-refractivity contribution < 1.29 is 19.3 Å². The van der Waals surface area contributed by atoms with Crippen molar-refractivity contribution in [1.82, 2.24) is 14.9 Å². The van der Waals surface area contributed by atoms with Crippen molar-refractivity contribution in [3.63, 3.8) is 0 Å². The fraction of sp³-hybridized carbons (Fsp3) is 0.238. The van der Waals surface area contributed by atoms with Crippen LogP contribution in [0.4, 0.5) is 0 Å². The third kappa shape index (κ3) is 2.56. The van der Waals surface area contributed by atoms with Crippen molar-refractivity contribution in [2.24, 2.45) is 0 Å². The molecule has 0 fully saturated rings. The fourth-order valence-electron chi connectivity index (χ4n) is 3.87. The molecule has 5 rings (SSSR count). The lowest BCUT2D eigenvalue weighted by atomic mass is 10.0. The maximum absolute atomic E-state index is 13.4. The van der Waals surface area contributed by atoms with E-state index in [4.69, 9.17) is 14.2 Å². The topological polar surface area (TPSA) is 94.8 Å². The molecule has 4 aromatic rings. The number of benzene rings is 2. The molecule has 3 heterocycles. The van der Waals surface area contributed by atoms with Gasteiger partial charge in [0, 0.05) is 41.5 Å². The number of aromatic nitrogens is 2. The minimum absolute atomic E-state index is 0.0283. The number of aromatic hydroxyl groups is 1. The number of nitrogens with one attached hydrogen (secondary N) is 1. The Bertz CT molecular complexity index is 1350. The Balaban J connectivity index is 1.97. The lowest BCUT2D eigenvalue weighted by molar-refractivity contribution is 0.174. The Kier molecular flexibility index (Phi) is 3.95. The average Bonchev–Trinajstić information content (AvgIpc) is 3.19. The highest BCUT2D eigenvalue weighted by atomic mass is 16.7. The van der Waals surface area contributed by atoms with Gasteiger partial charge in [-0.25, -0.2) is 0 Å². The first-order chi connectivity index (χ1) is 14.1. The van der Waals surface area contributed by atoms with E-state index in [1.165, 1.54) is 7.11 Å². The van der Waals surface area contributed by atoms with Gasteiger partial charge in [0.1, 0.15) is 0 Å². The summed E-state index contributed by atoms with van der Waals surface area (Å²) < 4.78 is 17.9. The van der Waals surface area contributed by atoms with Gasteiger partial charge in [-0.2, -0.15) is 0 Å². The van der Waals surface area contributed by atoms with Crippen LogP contribution in [-0.4, -0.2) is 42.2 Å². The molecule has 0 aliphatic carbocycles. The minimum Gasteiger partial charge on any atom is -0.504 e. The molecule has 2 aromatic heterocycles. The van der Waals surface area contributed by atoms with Gasteiger partial charge < -0.3 is 29.2 Å². The van der Waals surface area contributed by atoms with Crippen LogP contribution in [0.2, 0.25) is 0 Å². The second-order valence-corrected chi connectivity index (χ2v) is 6.87. The van der Waals surface area contributed by atoms with E-state index in [1.54, 1.807) is 22.9 Å². The Hall–Kier alpha value is -3.52. The number of rotatable bonds is 4. The quantitative estimate of drug-likeness (QED) is 0.514. The molecule has 0 bridgehead atoms. The summed E-state index contributed by atoms with van der Waals surface area (Å²) in [5, 5.41) is 16.0. The minimum atomic E-state index is -0.161. The molecule has 0 saturated carbocycles. The highest BCUT2D eigenvalue weighted by Gasteiger charge is 2.20. The van der Waals surface area contributed by atoms with E-state index >= 15 is 0 Å².